The predicted octanol–water partition coefficient (Wildman–Crippen LogP) is 3.12. The Bertz CT molecular complexity index is 329. The summed E-state index contributed by atoms with van der Waals surface area (Å²) in [4.78, 5) is 0. The fourth-order valence-electron chi connectivity index (χ4n) is 1.04. The highest BCUT2D eigenvalue weighted by Gasteiger charge is 2.23. The van der Waals surface area contributed by atoms with E-state index in [-0.39, 0.29) is 0 Å². The number of halogens is 1. The van der Waals surface area contributed by atoms with Crippen LogP contribution in [0.3, 0.4) is 0 Å². The minimum absolute atomic E-state index is 0.624. The van der Waals surface area contributed by atoms with Crippen LogP contribution < -0.4 is 0 Å². The average Bonchev–Trinajstić information content (AvgIpc) is 2.04. The van der Waals surface area contributed by atoms with Gasteiger partial charge >= 0.3 is 0 Å². The second-order valence-corrected chi connectivity index (χ2v) is 3.80. The first kappa shape index (κ1) is 10.3. The molecule has 0 aliphatic carbocycles. The number of aliphatic hydroxyl groups is 1. The summed E-state index contributed by atoms with van der Waals surface area (Å²) in [5, 5.41) is 10.7. The lowest BCUT2D eigenvalue weighted by atomic mass is 9.90. The summed E-state index contributed by atoms with van der Waals surface area (Å²) >= 11 is 5.81. The maximum absolute atomic E-state index is 10.0. The topological polar surface area (TPSA) is 20.2 Å². The van der Waals surface area contributed by atoms with Gasteiger partial charge in [-0.25, -0.2) is 0 Å². The molecule has 2 heteroatoms. The summed E-state index contributed by atoms with van der Waals surface area (Å²) in [6.45, 7) is 7.24. The number of hydrogen-bond acceptors (Lipinski definition) is 1. The van der Waals surface area contributed by atoms with Crippen molar-refractivity contribution in [2.45, 2.75) is 19.4 Å². The summed E-state index contributed by atoms with van der Waals surface area (Å²) < 4.78 is 0. The second kappa shape index (κ2) is 3.52. The molecule has 70 valence electrons. The molecule has 0 heterocycles. The zero-order valence-electron chi connectivity index (χ0n) is 7.84. The molecule has 1 aromatic carbocycles. The molecule has 1 rings (SSSR count). The Balaban J connectivity index is 3.14. The molecule has 1 unspecified atom stereocenters. The first-order valence-corrected chi connectivity index (χ1v) is 4.47. The molecule has 0 saturated heterocycles. The first-order chi connectivity index (χ1) is 5.94. The van der Waals surface area contributed by atoms with Gasteiger partial charge in [0.25, 0.3) is 0 Å². The fraction of sp³-hybridized carbons (Fsp3) is 0.273. The van der Waals surface area contributed by atoms with Crippen LogP contribution in [-0.4, -0.2) is 5.11 Å². The lowest BCUT2D eigenvalue weighted by Gasteiger charge is -2.24. The molecule has 1 atom stereocenters. The van der Waals surface area contributed by atoms with Crippen LogP contribution >= 0.6 is 11.6 Å². The third-order valence-corrected chi connectivity index (χ3v) is 2.45. The van der Waals surface area contributed by atoms with Gasteiger partial charge in [0.15, 0.2) is 0 Å². The van der Waals surface area contributed by atoms with Gasteiger partial charge in [0.05, 0.1) is 0 Å². The van der Waals surface area contributed by atoms with Crippen molar-refractivity contribution in [3.63, 3.8) is 0 Å². The molecule has 0 aromatic heterocycles. The van der Waals surface area contributed by atoms with E-state index >= 15 is 0 Å². The van der Waals surface area contributed by atoms with E-state index in [4.69, 9.17) is 11.6 Å². The first-order valence-electron chi connectivity index (χ1n) is 4.09. The summed E-state index contributed by atoms with van der Waals surface area (Å²) in [5.74, 6) is 0. The van der Waals surface area contributed by atoms with Crippen molar-refractivity contribution in [1.29, 1.82) is 0 Å². The lowest BCUT2D eigenvalue weighted by molar-refractivity contribution is 0.0981. The molecule has 1 aromatic rings. The standard InChI is InChI=1S/C11H13ClO/c1-8(2)11(3,13)9-5-4-6-10(12)7-9/h4-7,13H,1H2,2-3H3. The van der Waals surface area contributed by atoms with E-state index in [0.717, 1.165) is 5.56 Å². The quantitative estimate of drug-likeness (QED) is 0.721. The summed E-state index contributed by atoms with van der Waals surface area (Å²) in [6, 6.07) is 7.17. The third-order valence-electron chi connectivity index (χ3n) is 2.22. The van der Waals surface area contributed by atoms with Crippen LogP contribution in [0, 0.1) is 0 Å². The van der Waals surface area contributed by atoms with Crippen molar-refractivity contribution >= 4 is 11.6 Å². The van der Waals surface area contributed by atoms with E-state index in [1.54, 1.807) is 26.0 Å². The van der Waals surface area contributed by atoms with Gasteiger partial charge in [0, 0.05) is 5.02 Å². The van der Waals surface area contributed by atoms with E-state index in [9.17, 15) is 5.11 Å². The van der Waals surface area contributed by atoms with Gasteiger partial charge in [-0.15, -0.1) is 0 Å². The minimum Gasteiger partial charge on any atom is -0.381 e. The Morgan fingerprint density at radius 2 is 2.15 bits per heavy atom. The second-order valence-electron chi connectivity index (χ2n) is 3.36. The van der Waals surface area contributed by atoms with Crippen molar-refractivity contribution < 1.29 is 5.11 Å². The molecule has 1 nitrogen and oxygen atoms in total. The van der Waals surface area contributed by atoms with E-state index in [2.05, 4.69) is 6.58 Å². The minimum atomic E-state index is -0.995. The monoisotopic (exact) mass is 196 g/mol. The molecule has 0 bridgehead atoms. The third kappa shape index (κ3) is 2.11. The molecule has 13 heavy (non-hydrogen) atoms. The molecule has 0 aliphatic rings. The maximum atomic E-state index is 10.0. The van der Waals surface area contributed by atoms with Crippen molar-refractivity contribution in [3.8, 4) is 0 Å². The van der Waals surface area contributed by atoms with Crippen LogP contribution in [0.1, 0.15) is 19.4 Å². The van der Waals surface area contributed by atoms with E-state index < -0.39 is 5.60 Å². The van der Waals surface area contributed by atoms with Gasteiger partial charge in [-0.3, -0.25) is 0 Å². The van der Waals surface area contributed by atoms with Crippen LogP contribution in [0.2, 0.25) is 5.02 Å². The molecule has 0 amide bonds. The van der Waals surface area contributed by atoms with E-state index in [1.807, 2.05) is 12.1 Å². The van der Waals surface area contributed by atoms with Gasteiger partial charge in [-0.1, -0.05) is 30.3 Å². The highest BCUT2D eigenvalue weighted by atomic mass is 35.5. The summed E-state index contributed by atoms with van der Waals surface area (Å²) in [6.07, 6.45) is 0. The summed E-state index contributed by atoms with van der Waals surface area (Å²) in [5.41, 5.74) is 0.479. The number of hydrogen-bond donors (Lipinski definition) is 1. The highest BCUT2D eigenvalue weighted by molar-refractivity contribution is 6.30. The van der Waals surface area contributed by atoms with Crippen molar-refractivity contribution in [3.05, 3.63) is 47.0 Å². The average molecular weight is 197 g/mol. The van der Waals surface area contributed by atoms with Gasteiger partial charge in [-0.05, 0) is 37.1 Å². The smallest absolute Gasteiger partial charge is 0.107 e. The molecular formula is C11H13ClO. The molecular weight excluding hydrogens is 184 g/mol. The predicted molar refractivity (Wildman–Crippen MR) is 55.8 cm³/mol. The molecule has 0 spiro atoms. The highest BCUT2D eigenvalue weighted by Crippen LogP contribution is 2.28. The normalized spacial score (nSPS) is 15.1. The fourth-order valence-corrected chi connectivity index (χ4v) is 1.23. The van der Waals surface area contributed by atoms with E-state index in [1.165, 1.54) is 0 Å². The zero-order chi connectivity index (χ0) is 10.1. The maximum Gasteiger partial charge on any atom is 0.107 e. The van der Waals surface area contributed by atoms with Gasteiger partial charge < -0.3 is 5.11 Å². The Morgan fingerprint density at radius 3 is 2.62 bits per heavy atom. The largest absolute Gasteiger partial charge is 0.381 e. The molecule has 0 saturated carbocycles. The zero-order valence-corrected chi connectivity index (χ0v) is 8.60. The van der Waals surface area contributed by atoms with Crippen LogP contribution in [-0.2, 0) is 5.60 Å². The Labute approximate surface area is 83.7 Å². The Hall–Kier alpha value is -0.790. The SMILES string of the molecule is C=C(C)C(C)(O)c1cccc(Cl)c1. The van der Waals surface area contributed by atoms with Crippen molar-refractivity contribution in [1.82, 2.24) is 0 Å². The van der Waals surface area contributed by atoms with Crippen molar-refractivity contribution in [2.24, 2.45) is 0 Å². The molecule has 1 N–H and O–H groups in total. The molecule has 0 radical (unpaired) electrons. The van der Waals surface area contributed by atoms with Crippen LogP contribution in [0.25, 0.3) is 0 Å². The van der Waals surface area contributed by atoms with Crippen molar-refractivity contribution in [2.75, 3.05) is 0 Å². The van der Waals surface area contributed by atoms with Crippen LogP contribution in [0.4, 0.5) is 0 Å². The summed E-state index contributed by atoms with van der Waals surface area (Å²) in [7, 11) is 0. The van der Waals surface area contributed by atoms with Gasteiger partial charge in [0.2, 0.25) is 0 Å². The number of benzene rings is 1. The lowest BCUT2D eigenvalue weighted by Crippen LogP contribution is -2.21. The molecule has 0 aliphatic heterocycles. The number of rotatable bonds is 2. The van der Waals surface area contributed by atoms with Gasteiger partial charge in [0.1, 0.15) is 5.60 Å². The van der Waals surface area contributed by atoms with Crippen LogP contribution in [0.15, 0.2) is 36.4 Å². The van der Waals surface area contributed by atoms with E-state index in [0.29, 0.717) is 10.6 Å². The Kier molecular flexibility index (Phi) is 2.79. The van der Waals surface area contributed by atoms with Gasteiger partial charge in [-0.2, -0.15) is 0 Å². The molecule has 0 fully saturated rings. The Morgan fingerprint density at radius 1 is 1.54 bits per heavy atom. The van der Waals surface area contributed by atoms with Crippen LogP contribution in [0.5, 0.6) is 0 Å².